The normalized spacial score (nSPS) is 21.6. The summed E-state index contributed by atoms with van der Waals surface area (Å²) in [6, 6.07) is 18.3. The lowest BCUT2D eigenvalue weighted by molar-refractivity contribution is -0.127. The maximum atomic E-state index is 14.0. The van der Waals surface area contributed by atoms with Crippen LogP contribution in [0.5, 0.6) is 0 Å². The molecule has 2 heterocycles. The van der Waals surface area contributed by atoms with Crippen LogP contribution in [0.1, 0.15) is 87.7 Å². The molecule has 1 atom stereocenters. The summed E-state index contributed by atoms with van der Waals surface area (Å²) in [5, 5.41) is 4.40. The Kier molecular flexibility index (Phi) is 6.43. The predicted octanol–water partition coefficient (Wildman–Crippen LogP) is 6.41. The Morgan fingerprint density at radius 3 is 2.31 bits per heavy atom. The highest BCUT2D eigenvalue weighted by Gasteiger charge is 2.49. The fourth-order valence-electron chi connectivity index (χ4n) is 5.80. The van der Waals surface area contributed by atoms with Gasteiger partial charge in [0.1, 0.15) is 11.2 Å². The highest BCUT2D eigenvalue weighted by atomic mass is 16.2. The summed E-state index contributed by atoms with van der Waals surface area (Å²) >= 11 is 0. The number of fused-ring (bicyclic) bond motifs is 3. The Bertz CT molecular complexity index is 1220. The quantitative estimate of drug-likeness (QED) is 0.478. The summed E-state index contributed by atoms with van der Waals surface area (Å²) in [4.78, 5) is 29.8. The zero-order chi connectivity index (χ0) is 24.6. The predicted molar refractivity (Wildman–Crippen MR) is 142 cm³/mol. The van der Waals surface area contributed by atoms with Crippen LogP contribution in [-0.2, 0) is 11.3 Å². The monoisotopic (exact) mass is 471 g/mol. The van der Waals surface area contributed by atoms with Crippen LogP contribution in [0.25, 0.3) is 10.9 Å². The Morgan fingerprint density at radius 2 is 1.63 bits per heavy atom. The molecule has 1 aliphatic carbocycles. The molecule has 2 amide bonds. The van der Waals surface area contributed by atoms with E-state index >= 15 is 0 Å². The first-order valence-corrected chi connectivity index (χ1v) is 13.2. The molecule has 5 nitrogen and oxygen atoms in total. The van der Waals surface area contributed by atoms with E-state index < -0.39 is 5.54 Å². The van der Waals surface area contributed by atoms with Crippen molar-refractivity contribution in [2.24, 2.45) is 0 Å². The number of para-hydroxylation sites is 1. The topological polar surface area (TPSA) is 54.3 Å². The maximum absolute atomic E-state index is 14.0. The van der Waals surface area contributed by atoms with Crippen LogP contribution >= 0.6 is 0 Å². The molecule has 0 spiro atoms. The minimum atomic E-state index is -1.03. The molecular formula is C30H37N3O2. The SMILES string of the molecule is CC(C)c1ccc(N2C(=O)c3cc4ccccc4n3C[C@@]2(C)C(=O)NC2CCCCCCC2)cc1. The van der Waals surface area contributed by atoms with Gasteiger partial charge in [-0.25, -0.2) is 0 Å². The van der Waals surface area contributed by atoms with E-state index in [4.69, 9.17) is 0 Å². The summed E-state index contributed by atoms with van der Waals surface area (Å²) in [6.45, 7) is 6.67. The number of carbonyl (C=O) groups excluding carboxylic acids is 2. The Morgan fingerprint density at radius 1 is 0.971 bits per heavy atom. The standard InChI is InChI=1S/C30H37N3O2/c1-21(2)22-15-17-25(18-16-22)33-28(34)27-19-23-11-9-10-14-26(23)32(27)20-30(33,3)29(35)31-24-12-7-5-4-6-8-13-24/h9-11,14-19,21,24H,4-8,12-13,20H2,1-3H3,(H,31,35)/t30-/m0/s1. The van der Waals surface area contributed by atoms with Gasteiger partial charge in [0.25, 0.3) is 5.91 Å². The molecule has 0 bridgehead atoms. The summed E-state index contributed by atoms with van der Waals surface area (Å²) in [6.07, 6.45) is 8.06. The van der Waals surface area contributed by atoms with Gasteiger partial charge < -0.3 is 9.88 Å². The van der Waals surface area contributed by atoms with Crippen LogP contribution in [0.4, 0.5) is 5.69 Å². The highest BCUT2D eigenvalue weighted by molar-refractivity contribution is 6.14. The minimum absolute atomic E-state index is 0.0622. The third kappa shape index (κ3) is 4.37. The molecular weight excluding hydrogens is 434 g/mol. The number of amides is 2. The van der Waals surface area contributed by atoms with E-state index in [1.54, 1.807) is 4.90 Å². The molecule has 1 saturated carbocycles. The van der Waals surface area contributed by atoms with E-state index in [1.165, 1.54) is 24.8 Å². The zero-order valence-corrected chi connectivity index (χ0v) is 21.2. The van der Waals surface area contributed by atoms with Gasteiger partial charge in [0, 0.05) is 22.6 Å². The lowest BCUT2D eigenvalue weighted by Gasteiger charge is -2.44. The number of hydrogen-bond donors (Lipinski definition) is 1. The van der Waals surface area contributed by atoms with Gasteiger partial charge >= 0.3 is 0 Å². The van der Waals surface area contributed by atoms with E-state index in [9.17, 15) is 9.59 Å². The summed E-state index contributed by atoms with van der Waals surface area (Å²) in [5.74, 6) is 0.213. The number of nitrogens with one attached hydrogen (secondary N) is 1. The smallest absolute Gasteiger partial charge is 0.275 e. The third-order valence-corrected chi connectivity index (χ3v) is 7.94. The molecule has 5 rings (SSSR count). The Hall–Kier alpha value is -3.08. The van der Waals surface area contributed by atoms with E-state index in [0.717, 1.165) is 42.3 Å². The van der Waals surface area contributed by atoms with Gasteiger partial charge in [-0.05, 0) is 55.5 Å². The number of hydrogen-bond acceptors (Lipinski definition) is 2. The first-order chi connectivity index (χ1) is 16.9. The van der Waals surface area contributed by atoms with E-state index in [2.05, 4.69) is 31.3 Å². The number of benzene rings is 2. The number of nitrogens with zero attached hydrogens (tertiary/aromatic N) is 2. The lowest BCUT2D eigenvalue weighted by Crippen LogP contribution is -2.65. The fourth-order valence-corrected chi connectivity index (χ4v) is 5.80. The summed E-state index contributed by atoms with van der Waals surface area (Å²) in [7, 11) is 0. The third-order valence-electron chi connectivity index (χ3n) is 7.94. The van der Waals surface area contributed by atoms with Crippen molar-refractivity contribution in [1.82, 2.24) is 9.88 Å². The van der Waals surface area contributed by atoms with E-state index in [0.29, 0.717) is 18.2 Å². The number of rotatable bonds is 4. The molecule has 184 valence electrons. The molecule has 35 heavy (non-hydrogen) atoms. The molecule has 1 aliphatic heterocycles. The van der Waals surface area contributed by atoms with E-state index in [-0.39, 0.29) is 17.9 Å². The number of carbonyl (C=O) groups is 2. The van der Waals surface area contributed by atoms with Crippen molar-refractivity contribution in [3.63, 3.8) is 0 Å². The average molecular weight is 472 g/mol. The van der Waals surface area contributed by atoms with Gasteiger partial charge in [-0.3, -0.25) is 14.5 Å². The van der Waals surface area contributed by atoms with Crippen LogP contribution in [0.3, 0.4) is 0 Å². The molecule has 3 aromatic rings. The molecule has 2 aromatic carbocycles. The van der Waals surface area contributed by atoms with Crippen molar-refractivity contribution in [2.45, 2.75) is 89.8 Å². The van der Waals surface area contributed by atoms with Crippen LogP contribution in [0.15, 0.2) is 54.6 Å². The second-order valence-electron chi connectivity index (χ2n) is 10.9. The molecule has 1 fully saturated rings. The lowest BCUT2D eigenvalue weighted by atomic mass is 9.91. The molecule has 5 heteroatoms. The largest absolute Gasteiger partial charge is 0.351 e. The van der Waals surface area contributed by atoms with Crippen molar-refractivity contribution < 1.29 is 9.59 Å². The highest BCUT2D eigenvalue weighted by Crippen LogP contribution is 2.36. The van der Waals surface area contributed by atoms with Gasteiger partial charge in [-0.15, -0.1) is 0 Å². The summed E-state index contributed by atoms with van der Waals surface area (Å²) < 4.78 is 2.04. The van der Waals surface area contributed by atoms with Gasteiger partial charge in [0.15, 0.2) is 0 Å². The average Bonchev–Trinajstić information content (AvgIpc) is 3.19. The van der Waals surface area contributed by atoms with E-state index in [1.807, 2.05) is 54.0 Å². The van der Waals surface area contributed by atoms with Crippen LogP contribution in [-0.4, -0.2) is 28.0 Å². The maximum Gasteiger partial charge on any atom is 0.275 e. The number of aromatic nitrogens is 1. The first-order valence-electron chi connectivity index (χ1n) is 13.2. The van der Waals surface area contributed by atoms with Crippen LogP contribution < -0.4 is 10.2 Å². The summed E-state index contributed by atoms with van der Waals surface area (Å²) in [5.41, 5.74) is 2.58. The molecule has 0 radical (unpaired) electrons. The van der Waals surface area contributed by atoms with Crippen molar-refractivity contribution in [3.8, 4) is 0 Å². The molecule has 2 aliphatic rings. The van der Waals surface area contributed by atoms with Crippen molar-refractivity contribution in [3.05, 3.63) is 65.9 Å². The second kappa shape index (κ2) is 9.52. The van der Waals surface area contributed by atoms with Crippen molar-refractivity contribution in [1.29, 1.82) is 0 Å². The molecule has 1 N–H and O–H groups in total. The molecule has 0 unspecified atom stereocenters. The van der Waals surface area contributed by atoms with Gasteiger partial charge in [0.05, 0.1) is 6.54 Å². The first kappa shape index (κ1) is 23.7. The van der Waals surface area contributed by atoms with Crippen molar-refractivity contribution in [2.75, 3.05) is 4.90 Å². The zero-order valence-electron chi connectivity index (χ0n) is 21.2. The van der Waals surface area contributed by atoms with Crippen LogP contribution in [0.2, 0.25) is 0 Å². The van der Waals surface area contributed by atoms with Crippen molar-refractivity contribution >= 4 is 28.4 Å². The fraction of sp³-hybridized carbons (Fsp3) is 0.467. The van der Waals surface area contributed by atoms with Crippen LogP contribution in [0, 0.1) is 0 Å². The van der Waals surface area contributed by atoms with Gasteiger partial charge in [0.2, 0.25) is 5.91 Å². The second-order valence-corrected chi connectivity index (χ2v) is 10.9. The minimum Gasteiger partial charge on any atom is -0.351 e. The molecule has 0 saturated heterocycles. The Balaban J connectivity index is 1.56. The molecule has 1 aromatic heterocycles. The van der Waals surface area contributed by atoms with Gasteiger partial charge in [-0.2, -0.15) is 0 Å². The van der Waals surface area contributed by atoms with Gasteiger partial charge in [-0.1, -0.05) is 76.3 Å². The number of anilines is 1. The Labute approximate surface area is 208 Å².